The highest BCUT2D eigenvalue weighted by molar-refractivity contribution is 5.78. The maximum atomic E-state index is 4.55. The van der Waals surface area contributed by atoms with Crippen molar-refractivity contribution in [2.75, 3.05) is 5.32 Å². The van der Waals surface area contributed by atoms with Gasteiger partial charge in [-0.25, -0.2) is 9.67 Å². The van der Waals surface area contributed by atoms with Gasteiger partial charge < -0.3 is 5.32 Å². The predicted octanol–water partition coefficient (Wildman–Crippen LogP) is 3.86. The van der Waals surface area contributed by atoms with E-state index in [9.17, 15) is 0 Å². The highest BCUT2D eigenvalue weighted by atomic mass is 15.3. The Morgan fingerprint density at radius 2 is 1.95 bits per heavy atom. The number of anilines is 1. The van der Waals surface area contributed by atoms with Crippen LogP contribution in [0.25, 0.3) is 11.0 Å². The lowest BCUT2D eigenvalue weighted by molar-refractivity contribution is 0.511. The average Bonchev–Trinajstić information content (AvgIpc) is 2.78. The van der Waals surface area contributed by atoms with Crippen LogP contribution in [0.2, 0.25) is 0 Å². The first-order chi connectivity index (χ1) is 9.02. The first kappa shape index (κ1) is 13.8. The Morgan fingerprint density at radius 3 is 2.53 bits per heavy atom. The number of pyridine rings is 1. The van der Waals surface area contributed by atoms with Gasteiger partial charge in [-0.3, -0.25) is 0 Å². The van der Waals surface area contributed by atoms with Gasteiger partial charge in [0.05, 0.1) is 18.1 Å². The van der Waals surface area contributed by atoms with Crippen molar-refractivity contribution >= 4 is 16.7 Å². The minimum atomic E-state index is 0.336. The normalized spacial score (nSPS) is 13.4. The van der Waals surface area contributed by atoms with E-state index >= 15 is 0 Å². The monoisotopic (exact) mass is 260 g/mol. The van der Waals surface area contributed by atoms with Crippen molar-refractivity contribution in [2.24, 2.45) is 5.92 Å². The second kappa shape index (κ2) is 5.59. The van der Waals surface area contributed by atoms with Gasteiger partial charge >= 0.3 is 0 Å². The maximum absolute atomic E-state index is 4.55. The summed E-state index contributed by atoms with van der Waals surface area (Å²) >= 11 is 0. The summed E-state index contributed by atoms with van der Waals surface area (Å²) in [4.78, 5) is 4.55. The van der Waals surface area contributed by atoms with Crippen molar-refractivity contribution in [3.05, 3.63) is 18.5 Å². The van der Waals surface area contributed by atoms with Gasteiger partial charge in [0, 0.05) is 17.5 Å². The van der Waals surface area contributed by atoms with Crippen molar-refractivity contribution in [1.29, 1.82) is 0 Å². The molecule has 2 aromatic heterocycles. The molecule has 0 saturated heterocycles. The highest BCUT2D eigenvalue weighted by Gasteiger charge is 2.12. The third kappa shape index (κ3) is 2.88. The molecule has 0 aliphatic carbocycles. The van der Waals surface area contributed by atoms with Crippen LogP contribution >= 0.6 is 0 Å². The first-order valence-electron chi connectivity index (χ1n) is 7.12. The van der Waals surface area contributed by atoms with E-state index in [0.717, 1.165) is 23.1 Å². The number of nitrogens with one attached hydrogen (secondary N) is 1. The molecule has 2 heterocycles. The number of fused-ring (bicyclic) bond motifs is 1. The Balaban J connectivity index is 2.27. The van der Waals surface area contributed by atoms with Gasteiger partial charge in [-0.2, -0.15) is 5.10 Å². The van der Waals surface area contributed by atoms with Crippen LogP contribution in [0.4, 0.5) is 5.69 Å². The predicted molar refractivity (Wildman–Crippen MR) is 80.5 cm³/mol. The number of hydrogen-bond donors (Lipinski definition) is 1. The van der Waals surface area contributed by atoms with Gasteiger partial charge in [0.2, 0.25) is 0 Å². The second-order valence-electron chi connectivity index (χ2n) is 5.72. The zero-order valence-corrected chi connectivity index (χ0v) is 12.5. The largest absolute Gasteiger partial charge is 0.381 e. The molecule has 0 amide bonds. The van der Waals surface area contributed by atoms with E-state index in [1.807, 2.05) is 17.1 Å². The molecule has 0 aliphatic rings. The Morgan fingerprint density at radius 1 is 1.21 bits per heavy atom. The highest BCUT2D eigenvalue weighted by Crippen LogP contribution is 2.21. The molecule has 0 radical (unpaired) electrons. The third-order valence-electron chi connectivity index (χ3n) is 3.52. The minimum Gasteiger partial charge on any atom is -0.381 e. The van der Waals surface area contributed by atoms with Gasteiger partial charge in [-0.1, -0.05) is 20.8 Å². The number of hydrogen-bond acceptors (Lipinski definition) is 3. The topological polar surface area (TPSA) is 42.7 Å². The van der Waals surface area contributed by atoms with E-state index < -0.39 is 0 Å². The quantitative estimate of drug-likeness (QED) is 0.887. The molecule has 0 fully saturated rings. The van der Waals surface area contributed by atoms with Crippen LogP contribution in [-0.2, 0) is 0 Å². The van der Waals surface area contributed by atoms with E-state index in [-0.39, 0.29) is 0 Å². The molecule has 19 heavy (non-hydrogen) atoms. The molecule has 0 spiro atoms. The fraction of sp³-hybridized carbons (Fsp3) is 0.600. The summed E-state index contributed by atoms with van der Waals surface area (Å²) in [6.45, 7) is 10.9. The van der Waals surface area contributed by atoms with Gasteiger partial charge in [-0.15, -0.1) is 0 Å². The summed E-state index contributed by atoms with van der Waals surface area (Å²) in [7, 11) is 0. The molecule has 4 heteroatoms. The van der Waals surface area contributed by atoms with Crippen LogP contribution in [0, 0.1) is 5.92 Å². The molecule has 2 aromatic rings. The molecular formula is C15H24N4. The Bertz CT molecular complexity index is 542. The van der Waals surface area contributed by atoms with Gasteiger partial charge in [0.25, 0.3) is 0 Å². The third-order valence-corrected chi connectivity index (χ3v) is 3.52. The van der Waals surface area contributed by atoms with E-state index in [4.69, 9.17) is 0 Å². The molecule has 4 nitrogen and oxygen atoms in total. The van der Waals surface area contributed by atoms with Crippen molar-refractivity contribution < 1.29 is 0 Å². The van der Waals surface area contributed by atoms with E-state index in [1.54, 1.807) is 0 Å². The van der Waals surface area contributed by atoms with Gasteiger partial charge in [0.15, 0.2) is 5.65 Å². The molecule has 0 aliphatic heterocycles. The van der Waals surface area contributed by atoms with Crippen LogP contribution in [0.1, 0.15) is 47.1 Å². The van der Waals surface area contributed by atoms with Crippen molar-refractivity contribution in [2.45, 2.75) is 53.1 Å². The zero-order valence-electron chi connectivity index (χ0n) is 12.5. The summed E-state index contributed by atoms with van der Waals surface area (Å²) in [6, 6.07) is 2.96. The van der Waals surface area contributed by atoms with Crippen molar-refractivity contribution in [3.8, 4) is 0 Å². The Kier molecular flexibility index (Phi) is 4.08. The number of nitrogens with zero attached hydrogens (tertiary/aromatic N) is 3. The maximum Gasteiger partial charge on any atom is 0.158 e. The van der Waals surface area contributed by atoms with Crippen LogP contribution < -0.4 is 5.32 Å². The summed E-state index contributed by atoms with van der Waals surface area (Å²) in [5.41, 5.74) is 2.04. The Hall–Kier alpha value is -1.58. The standard InChI is InChI=1S/C15H24N4/c1-6-14(10(2)3)18-13-7-12-8-17-19(11(4)5)15(12)16-9-13/h7-11,14,18H,6H2,1-5H3. The van der Waals surface area contributed by atoms with E-state index in [2.05, 4.69) is 56.1 Å². The van der Waals surface area contributed by atoms with Crippen LogP contribution in [0.5, 0.6) is 0 Å². The summed E-state index contributed by atoms with van der Waals surface area (Å²) in [5.74, 6) is 0.610. The molecule has 2 rings (SSSR count). The molecule has 1 unspecified atom stereocenters. The molecule has 0 saturated carbocycles. The summed E-state index contributed by atoms with van der Waals surface area (Å²) in [5, 5.41) is 9.05. The first-order valence-corrected chi connectivity index (χ1v) is 7.12. The van der Waals surface area contributed by atoms with Gasteiger partial charge in [-0.05, 0) is 32.3 Å². The fourth-order valence-corrected chi connectivity index (χ4v) is 2.35. The summed E-state index contributed by atoms with van der Waals surface area (Å²) in [6.07, 6.45) is 4.92. The molecule has 0 aromatic carbocycles. The smallest absolute Gasteiger partial charge is 0.158 e. The SMILES string of the molecule is CCC(Nc1cnc2c(cnn2C(C)C)c1)C(C)C. The Labute approximate surface area is 115 Å². The number of aromatic nitrogens is 3. The lowest BCUT2D eigenvalue weighted by atomic mass is 10.0. The fourth-order valence-electron chi connectivity index (χ4n) is 2.35. The van der Waals surface area contributed by atoms with Crippen molar-refractivity contribution in [3.63, 3.8) is 0 Å². The van der Waals surface area contributed by atoms with E-state index in [0.29, 0.717) is 18.0 Å². The molecule has 1 N–H and O–H groups in total. The minimum absolute atomic E-state index is 0.336. The zero-order chi connectivity index (χ0) is 14.0. The van der Waals surface area contributed by atoms with Crippen LogP contribution in [0.15, 0.2) is 18.5 Å². The molecule has 1 atom stereocenters. The lowest BCUT2D eigenvalue weighted by Gasteiger charge is -2.21. The van der Waals surface area contributed by atoms with Crippen LogP contribution in [0.3, 0.4) is 0 Å². The number of rotatable bonds is 5. The average molecular weight is 260 g/mol. The lowest BCUT2D eigenvalue weighted by Crippen LogP contribution is -2.24. The summed E-state index contributed by atoms with van der Waals surface area (Å²) < 4.78 is 1.96. The van der Waals surface area contributed by atoms with Gasteiger partial charge in [0.1, 0.15) is 0 Å². The van der Waals surface area contributed by atoms with E-state index in [1.165, 1.54) is 0 Å². The molecular weight excluding hydrogens is 236 g/mol. The van der Waals surface area contributed by atoms with Crippen LogP contribution in [-0.4, -0.2) is 20.8 Å². The van der Waals surface area contributed by atoms with Crippen molar-refractivity contribution in [1.82, 2.24) is 14.8 Å². The molecule has 104 valence electrons. The second-order valence-corrected chi connectivity index (χ2v) is 5.72. The molecule has 0 bridgehead atoms.